The number of ether oxygens (including phenoxy) is 1. The molecule has 154 valence electrons. The lowest BCUT2D eigenvalue weighted by Gasteiger charge is -2.14. The van der Waals surface area contributed by atoms with Crippen molar-refractivity contribution < 1.29 is 9.53 Å². The Labute approximate surface area is 179 Å². The van der Waals surface area contributed by atoms with Gasteiger partial charge in [-0.2, -0.15) is 0 Å². The van der Waals surface area contributed by atoms with E-state index in [2.05, 4.69) is 36.9 Å². The van der Waals surface area contributed by atoms with Gasteiger partial charge in [-0.25, -0.2) is 0 Å². The molecule has 0 aromatic heterocycles. The van der Waals surface area contributed by atoms with E-state index in [1.54, 1.807) is 6.08 Å². The van der Waals surface area contributed by atoms with E-state index < -0.39 is 0 Å². The van der Waals surface area contributed by atoms with E-state index in [1.165, 1.54) is 11.1 Å². The predicted octanol–water partition coefficient (Wildman–Crippen LogP) is 5.81. The summed E-state index contributed by atoms with van der Waals surface area (Å²) in [6.45, 7) is 5.48. The van der Waals surface area contributed by atoms with E-state index in [0.717, 1.165) is 23.2 Å². The van der Waals surface area contributed by atoms with Crippen molar-refractivity contribution in [3.63, 3.8) is 0 Å². The molecule has 0 aliphatic heterocycles. The minimum atomic E-state index is -0.0649. The van der Waals surface area contributed by atoms with E-state index in [1.807, 2.05) is 68.7 Å². The summed E-state index contributed by atoms with van der Waals surface area (Å²) in [5.74, 6) is 0.553. The molecule has 0 atom stereocenters. The van der Waals surface area contributed by atoms with Crippen LogP contribution in [-0.4, -0.2) is 37.9 Å². The molecule has 0 bridgehead atoms. The van der Waals surface area contributed by atoms with Crippen LogP contribution in [0.3, 0.4) is 0 Å². The Bertz CT molecular complexity index is 1020. The van der Waals surface area contributed by atoms with Crippen molar-refractivity contribution in [3.05, 3.63) is 95.1 Å². The van der Waals surface area contributed by atoms with Crippen LogP contribution in [0.1, 0.15) is 27.0 Å². The van der Waals surface area contributed by atoms with Crippen molar-refractivity contribution in [1.29, 1.82) is 0 Å². The van der Waals surface area contributed by atoms with Gasteiger partial charge in [0.1, 0.15) is 12.4 Å². The van der Waals surface area contributed by atoms with Crippen LogP contribution >= 0.6 is 0 Å². The fourth-order valence-electron chi connectivity index (χ4n) is 3.33. The van der Waals surface area contributed by atoms with Crippen molar-refractivity contribution in [3.8, 4) is 16.9 Å². The molecule has 3 rings (SSSR count). The zero-order valence-corrected chi connectivity index (χ0v) is 18.2. The van der Waals surface area contributed by atoms with Crippen LogP contribution in [0.15, 0.2) is 72.8 Å². The van der Waals surface area contributed by atoms with E-state index in [-0.39, 0.29) is 5.78 Å². The molecule has 3 nitrogen and oxygen atoms in total. The lowest BCUT2D eigenvalue weighted by Crippen LogP contribution is -2.20. The van der Waals surface area contributed by atoms with E-state index in [0.29, 0.717) is 17.9 Å². The van der Waals surface area contributed by atoms with Gasteiger partial charge in [-0.3, -0.25) is 4.79 Å². The first-order chi connectivity index (χ1) is 14.4. The van der Waals surface area contributed by atoms with Crippen molar-refractivity contribution in [2.75, 3.05) is 27.2 Å². The Kier molecular flexibility index (Phi) is 7.21. The second-order valence-electron chi connectivity index (χ2n) is 7.85. The van der Waals surface area contributed by atoms with Crippen LogP contribution in [0.25, 0.3) is 17.2 Å². The fraction of sp³-hybridized carbons (Fsp3) is 0.222. The summed E-state index contributed by atoms with van der Waals surface area (Å²) in [5, 5.41) is 0. The molecule has 3 aromatic carbocycles. The average Bonchev–Trinajstić information content (AvgIpc) is 2.72. The largest absolute Gasteiger partial charge is 0.491 e. The number of carbonyl (C=O) groups excluding carboxylic acids is 1. The molecular weight excluding hydrogens is 370 g/mol. The highest BCUT2D eigenvalue weighted by Crippen LogP contribution is 2.29. The summed E-state index contributed by atoms with van der Waals surface area (Å²) < 4.78 is 5.96. The number of ketones is 1. The van der Waals surface area contributed by atoms with Gasteiger partial charge in [0.25, 0.3) is 0 Å². The van der Waals surface area contributed by atoms with Gasteiger partial charge in [0.05, 0.1) is 5.56 Å². The maximum atomic E-state index is 13.1. The van der Waals surface area contributed by atoms with Crippen molar-refractivity contribution in [1.82, 2.24) is 4.90 Å². The number of likely N-dealkylation sites (N-methyl/N-ethyl adjacent to an activating group) is 1. The fourth-order valence-corrected chi connectivity index (χ4v) is 3.33. The molecule has 0 spiro atoms. The molecule has 0 aliphatic rings. The van der Waals surface area contributed by atoms with Crippen LogP contribution < -0.4 is 4.74 Å². The maximum Gasteiger partial charge on any atom is 0.189 e. The second kappa shape index (κ2) is 10.0. The molecule has 3 aromatic rings. The molecule has 0 N–H and O–H groups in total. The Morgan fingerprint density at radius 1 is 0.900 bits per heavy atom. The van der Waals surface area contributed by atoms with Gasteiger partial charge in [-0.1, -0.05) is 71.8 Å². The smallest absolute Gasteiger partial charge is 0.189 e. The minimum Gasteiger partial charge on any atom is -0.491 e. The lowest BCUT2D eigenvalue weighted by atomic mass is 9.97. The van der Waals surface area contributed by atoms with Crippen LogP contribution in [0, 0.1) is 13.8 Å². The Balaban J connectivity index is 1.95. The van der Waals surface area contributed by atoms with Gasteiger partial charge >= 0.3 is 0 Å². The quantitative estimate of drug-likeness (QED) is 0.354. The Hall–Kier alpha value is -3.17. The molecule has 30 heavy (non-hydrogen) atoms. The van der Waals surface area contributed by atoms with Crippen molar-refractivity contribution >= 4 is 11.9 Å². The average molecular weight is 400 g/mol. The molecule has 0 amide bonds. The van der Waals surface area contributed by atoms with Crippen LogP contribution in [0.4, 0.5) is 0 Å². The number of carbonyl (C=O) groups is 1. The summed E-state index contributed by atoms with van der Waals surface area (Å²) in [5.41, 5.74) is 6.09. The third-order valence-electron chi connectivity index (χ3n) is 4.82. The first kappa shape index (κ1) is 21.5. The summed E-state index contributed by atoms with van der Waals surface area (Å²) in [6, 6.07) is 22.1. The first-order valence-corrected chi connectivity index (χ1v) is 10.2. The summed E-state index contributed by atoms with van der Waals surface area (Å²) in [4.78, 5) is 15.1. The van der Waals surface area contributed by atoms with Crippen LogP contribution in [0.5, 0.6) is 5.75 Å². The molecule has 3 heteroatoms. The molecule has 0 fully saturated rings. The number of allylic oxidation sites excluding steroid dienone is 1. The third-order valence-corrected chi connectivity index (χ3v) is 4.82. The molecule has 0 radical (unpaired) electrons. The first-order valence-electron chi connectivity index (χ1n) is 10.2. The van der Waals surface area contributed by atoms with Gasteiger partial charge < -0.3 is 9.64 Å². The number of hydrogen-bond acceptors (Lipinski definition) is 3. The zero-order valence-electron chi connectivity index (χ0n) is 18.2. The highest BCUT2D eigenvalue weighted by Gasteiger charge is 2.13. The zero-order chi connectivity index (χ0) is 21.5. The van der Waals surface area contributed by atoms with Crippen LogP contribution in [-0.2, 0) is 0 Å². The van der Waals surface area contributed by atoms with Gasteiger partial charge in [-0.15, -0.1) is 0 Å². The van der Waals surface area contributed by atoms with Gasteiger partial charge in [0.15, 0.2) is 5.78 Å². The monoisotopic (exact) mass is 399 g/mol. The maximum absolute atomic E-state index is 13.1. The predicted molar refractivity (Wildman–Crippen MR) is 125 cm³/mol. The van der Waals surface area contributed by atoms with Gasteiger partial charge in [0.2, 0.25) is 0 Å². The highest BCUT2D eigenvalue weighted by molar-refractivity contribution is 6.09. The number of aryl methyl sites for hydroxylation is 2. The summed E-state index contributed by atoms with van der Waals surface area (Å²) in [6.07, 6.45) is 3.46. The topological polar surface area (TPSA) is 29.5 Å². The second-order valence-corrected chi connectivity index (χ2v) is 7.85. The minimum absolute atomic E-state index is 0.0649. The summed E-state index contributed by atoms with van der Waals surface area (Å²) >= 11 is 0. The van der Waals surface area contributed by atoms with E-state index >= 15 is 0 Å². The van der Waals surface area contributed by atoms with Crippen LogP contribution in [0.2, 0.25) is 0 Å². The van der Waals surface area contributed by atoms with Gasteiger partial charge in [-0.05, 0) is 62.8 Å². The molecule has 0 aliphatic carbocycles. The SMILES string of the molecule is Cc1cc(C)cc(-c2ccc(OCCN(C)C)c(C(=O)/C=C/c3ccccc3)c2)c1. The number of nitrogens with zero attached hydrogens (tertiary/aromatic N) is 1. The Morgan fingerprint density at radius 3 is 2.27 bits per heavy atom. The highest BCUT2D eigenvalue weighted by atomic mass is 16.5. The molecule has 0 saturated heterocycles. The molecule has 0 heterocycles. The number of hydrogen-bond donors (Lipinski definition) is 0. The van der Waals surface area contributed by atoms with Crippen molar-refractivity contribution in [2.45, 2.75) is 13.8 Å². The van der Waals surface area contributed by atoms with Gasteiger partial charge in [0, 0.05) is 6.54 Å². The molecule has 0 saturated carbocycles. The Morgan fingerprint density at radius 2 is 1.60 bits per heavy atom. The molecular formula is C27H29NO2. The lowest BCUT2D eigenvalue weighted by molar-refractivity contribution is 0.104. The van der Waals surface area contributed by atoms with E-state index in [4.69, 9.17) is 4.74 Å². The number of benzene rings is 3. The third kappa shape index (κ3) is 5.91. The van der Waals surface area contributed by atoms with E-state index in [9.17, 15) is 4.79 Å². The summed E-state index contributed by atoms with van der Waals surface area (Å²) in [7, 11) is 4.00. The standard InChI is InChI=1S/C27H29NO2/c1-20-16-21(2)18-24(17-20)23-11-13-27(30-15-14-28(3)4)25(19-23)26(29)12-10-22-8-6-5-7-9-22/h5-13,16-19H,14-15H2,1-4H3/b12-10+. The normalized spacial score (nSPS) is 11.2. The number of rotatable bonds is 8. The van der Waals surface area contributed by atoms with Crippen molar-refractivity contribution in [2.24, 2.45) is 0 Å². The molecule has 0 unspecified atom stereocenters.